The van der Waals surface area contributed by atoms with Gasteiger partial charge in [0.25, 0.3) is 0 Å². The highest BCUT2D eigenvalue weighted by Crippen LogP contribution is 2.64. The number of hydrogen-bond donors (Lipinski definition) is 0. The van der Waals surface area contributed by atoms with Crippen LogP contribution in [0.2, 0.25) is 0 Å². The van der Waals surface area contributed by atoms with Crippen LogP contribution in [0.15, 0.2) is 35.5 Å². The van der Waals surface area contributed by atoms with E-state index in [2.05, 4.69) is 37.8 Å². The quantitative estimate of drug-likeness (QED) is 0.749. The Morgan fingerprint density at radius 3 is 2.57 bits per heavy atom. The minimum Gasteiger partial charge on any atom is -0.466 e. The molecule has 1 fully saturated rings. The molecule has 4 rings (SSSR count). The van der Waals surface area contributed by atoms with E-state index in [0.29, 0.717) is 12.0 Å². The first-order valence-corrected chi connectivity index (χ1v) is 10.3. The Balaban J connectivity index is 2.11. The molecule has 1 aromatic carbocycles. The van der Waals surface area contributed by atoms with Crippen LogP contribution in [-0.2, 0) is 19.7 Å². The van der Waals surface area contributed by atoms with Crippen molar-refractivity contribution in [2.75, 3.05) is 25.1 Å². The molecule has 3 aliphatic rings. The van der Waals surface area contributed by atoms with Crippen LogP contribution in [0.4, 0.5) is 5.69 Å². The van der Waals surface area contributed by atoms with Gasteiger partial charge in [-0.3, -0.25) is 14.6 Å². The fourth-order valence-electron chi connectivity index (χ4n) is 6.22. The number of carbonyl (C=O) groups is 2. The minimum atomic E-state index is -0.342. The maximum absolute atomic E-state index is 12.9. The molecule has 1 aliphatic carbocycles. The fraction of sp³-hybridized carbons (Fsp3) is 0.565. The number of likely N-dealkylation sites (N-methyl/N-ethyl adjacent to an activating group) is 1. The lowest BCUT2D eigenvalue weighted by molar-refractivity contribution is -0.137. The number of ether oxygens (including phenoxy) is 1. The molecule has 1 aromatic rings. The Morgan fingerprint density at radius 1 is 1.25 bits per heavy atom. The molecule has 0 bridgehead atoms. The number of likely N-dealkylation sites (tertiary alicyclic amines) is 1. The van der Waals surface area contributed by atoms with E-state index in [1.165, 1.54) is 12.7 Å². The summed E-state index contributed by atoms with van der Waals surface area (Å²) in [5.41, 5.74) is 3.24. The maximum Gasteiger partial charge on any atom is 0.335 e. The number of anilines is 1. The Morgan fingerprint density at radius 2 is 1.96 bits per heavy atom. The smallest absolute Gasteiger partial charge is 0.335 e. The van der Waals surface area contributed by atoms with Gasteiger partial charge in [0.1, 0.15) is 0 Å². The van der Waals surface area contributed by atoms with Crippen molar-refractivity contribution in [2.24, 2.45) is 5.41 Å². The number of amides is 1. The Kier molecular flexibility index (Phi) is 4.42. The molecule has 3 atom stereocenters. The van der Waals surface area contributed by atoms with Gasteiger partial charge in [-0.2, -0.15) is 0 Å². The maximum atomic E-state index is 12.9. The third-order valence-electron chi connectivity index (χ3n) is 7.38. The molecule has 2 unspecified atom stereocenters. The summed E-state index contributed by atoms with van der Waals surface area (Å²) in [5, 5.41) is 0. The summed E-state index contributed by atoms with van der Waals surface area (Å²) >= 11 is 0. The standard InChI is InChI=1S/C23H30N2O3/c1-6-22(4)14-16(20(27)28-5)19-23(12-13-24(7-2)21(22)23)17-10-8-9-11-18(17)25(19)15(3)26/h8-11,21H,6-7,12-14H2,1-5H3/t21?,22-,23?/m0/s1. The lowest BCUT2D eigenvalue weighted by Crippen LogP contribution is -2.57. The zero-order chi connectivity index (χ0) is 20.3. The van der Waals surface area contributed by atoms with Crippen LogP contribution in [-0.4, -0.2) is 43.0 Å². The highest BCUT2D eigenvalue weighted by atomic mass is 16.5. The van der Waals surface area contributed by atoms with Gasteiger partial charge in [0.2, 0.25) is 5.91 Å². The number of methoxy groups -OCH3 is 1. The highest BCUT2D eigenvalue weighted by Gasteiger charge is 2.65. The molecule has 5 heteroatoms. The van der Waals surface area contributed by atoms with Crippen molar-refractivity contribution in [3.63, 3.8) is 0 Å². The molecule has 1 amide bonds. The molecule has 0 saturated carbocycles. The second-order valence-corrected chi connectivity index (χ2v) is 8.63. The van der Waals surface area contributed by atoms with Crippen LogP contribution in [0.3, 0.4) is 0 Å². The largest absolute Gasteiger partial charge is 0.466 e. The van der Waals surface area contributed by atoms with E-state index in [1.807, 2.05) is 12.1 Å². The predicted molar refractivity (Wildman–Crippen MR) is 109 cm³/mol. The molecule has 0 aromatic heterocycles. The van der Waals surface area contributed by atoms with E-state index in [1.54, 1.807) is 11.8 Å². The van der Waals surface area contributed by atoms with E-state index in [4.69, 9.17) is 4.74 Å². The first-order valence-electron chi connectivity index (χ1n) is 10.3. The molecular formula is C23H30N2O3. The molecule has 0 radical (unpaired) electrons. The Hall–Kier alpha value is -2.14. The SMILES string of the molecule is CCN1CCC23C(=C(C(=O)OC)C[C@](C)(CC)C12)N(C(C)=O)c1ccccc13. The summed E-state index contributed by atoms with van der Waals surface area (Å²) in [6, 6.07) is 8.45. The molecule has 2 aliphatic heterocycles. The van der Waals surface area contributed by atoms with Crippen molar-refractivity contribution in [3.8, 4) is 0 Å². The normalized spacial score (nSPS) is 31.5. The van der Waals surface area contributed by atoms with E-state index < -0.39 is 0 Å². The van der Waals surface area contributed by atoms with Crippen LogP contribution >= 0.6 is 0 Å². The fourth-order valence-corrected chi connectivity index (χ4v) is 6.22. The number of benzene rings is 1. The van der Waals surface area contributed by atoms with Gasteiger partial charge in [0.15, 0.2) is 0 Å². The lowest BCUT2D eigenvalue weighted by atomic mass is 9.56. The zero-order valence-corrected chi connectivity index (χ0v) is 17.5. The van der Waals surface area contributed by atoms with Gasteiger partial charge >= 0.3 is 5.97 Å². The van der Waals surface area contributed by atoms with Gasteiger partial charge < -0.3 is 4.74 Å². The number of fused-ring (bicyclic) bond motifs is 1. The molecule has 28 heavy (non-hydrogen) atoms. The van der Waals surface area contributed by atoms with E-state index in [0.717, 1.165) is 37.3 Å². The number of hydrogen-bond acceptors (Lipinski definition) is 4. The van der Waals surface area contributed by atoms with Crippen molar-refractivity contribution in [3.05, 3.63) is 41.1 Å². The number of carbonyl (C=O) groups excluding carboxylic acids is 2. The summed E-state index contributed by atoms with van der Waals surface area (Å²) in [6.07, 6.45) is 2.51. The molecule has 0 N–H and O–H groups in total. The lowest BCUT2D eigenvalue weighted by Gasteiger charge is -2.52. The molecule has 5 nitrogen and oxygen atoms in total. The van der Waals surface area contributed by atoms with Crippen molar-refractivity contribution < 1.29 is 14.3 Å². The molecule has 2 heterocycles. The van der Waals surface area contributed by atoms with E-state index in [-0.39, 0.29) is 28.7 Å². The van der Waals surface area contributed by atoms with Crippen molar-refractivity contribution >= 4 is 17.6 Å². The molecule has 150 valence electrons. The van der Waals surface area contributed by atoms with Gasteiger partial charge in [-0.25, -0.2) is 4.79 Å². The van der Waals surface area contributed by atoms with E-state index >= 15 is 0 Å². The monoisotopic (exact) mass is 382 g/mol. The summed E-state index contributed by atoms with van der Waals surface area (Å²) in [4.78, 5) is 30.1. The first kappa shape index (κ1) is 19.2. The van der Waals surface area contributed by atoms with Gasteiger partial charge in [0, 0.05) is 18.7 Å². The van der Waals surface area contributed by atoms with Crippen LogP contribution in [0.5, 0.6) is 0 Å². The van der Waals surface area contributed by atoms with E-state index in [9.17, 15) is 9.59 Å². The van der Waals surface area contributed by atoms with Crippen molar-refractivity contribution in [2.45, 2.75) is 58.4 Å². The number of nitrogens with zero attached hydrogens (tertiary/aromatic N) is 2. The Labute approximate surface area is 167 Å². The highest BCUT2D eigenvalue weighted by molar-refractivity contribution is 6.03. The summed E-state index contributed by atoms with van der Waals surface area (Å²) in [6.45, 7) is 10.2. The second-order valence-electron chi connectivity index (χ2n) is 8.63. The predicted octanol–water partition coefficient (Wildman–Crippen LogP) is 3.63. The number of para-hydroxylation sites is 1. The molecular weight excluding hydrogens is 352 g/mol. The van der Waals surface area contributed by atoms with Crippen molar-refractivity contribution in [1.82, 2.24) is 4.90 Å². The van der Waals surface area contributed by atoms with Gasteiger partial charge in [-0.05, 0) is 49.4 Å². The van der Waals surface area contributed by atoms with Crippen molar-refractivity contribution in [1.29, 1.82) is 0 Å². The third-order valence-corrected chi connectivity index (χ3v) is 7.38. The minimum absolute atomic E-state index is 0.0467. The summed E-state index contributed by atoms with van der Waals surface area (Å²) < 4.78 is 5.21. The van der Waals surface area contributed by atoms with Gasteiger partial charge in [-0.1, -0.05) is 39.0 Å². The summed E-state index contributed by atoms with van der Waals surface area (Å²) in [7, 11) is 1.44. The average Bonchev–Trinajstić information content (AvgIpc) is 3.24. The zero-order valence-electron chi connectivity index (χ0n) is 17.5. The number of rotatable bonds is 3. The van der Waals surface area contributed by atoms with Gasteiger partial charge in [-0.15, -0.1) is 0 Å². The molecule has 1 saturated heterocycles. The number of esters is 1. The van der Waals surface area contributed by atoms with Crippen LogP contribution in [0.25, 0.3) is 0 Å². The summed E-state index contributed by atoms with van der Waals surface area (Å²) in [5.74, 6) is -0.351. The van der Waals surface area contributed by atoms with Crippen LogP contribution < -0.4 is 4.90 Å². The van der Waals surface area contributed by atoms with Crippen LogP contribution in [0, 0.1) is 5.41 Å². The third kappa shape index (κ3) is 2.22. The van der Waals surface area contributed by atoms with Crippen LogP contribution in [0.1, 0.15) is 52.5 Å². The Bertz CT molecular complexity index is 876. The first-order chi connectivity index (χ1) is 13.4. The van der Waals surface area contributed by atoms with Gasteiger partial charge in [0.05, 0.1) is 23.8 Å². The average molecular weight is 383 g/mol. The topological polar surface area (TPSA) is 49.9 Å². The second kappa shape index (κ2) is 6.45. The molecule has 1 spiro atoms.